The van der Waals surface area contributed by atoms with E-state index in [2.05, 4.69) is 10.6 Å². The number of rotatable bonds is 6. The van der Waals surface area contributed by atoms with Gasteiger partial charge in [0, 0.05) is 30.5 Å². The van der Waals surface area contributed by atoms with Gasteiger partial charge in [-0.2, -0.15) is 0 Å². The van der Waals surface area contributed by atoms with Crippen LogP contribution in [-0.4, -0.2) is 33.0 Å². The largest absolute Gasteiger partial charge is 0.352 e. The summed E-state index contributed by atoms with van der Waals surface area (Å²) in [4.78, 5) is 24.1. The third-order valence-electron chi connectivity index (χ3n) is 3.57. The van der Waals surface area contributed by atoms with Crippen LogP contribution in [0.5, 0.6) is 0 Å². The van der Waals surface area contributed by atoms with Crippen LogP contribution in [0.15, 0.2) is 47.4 Å². The molecule has 8 heteroatoms. The Kier molecular flexibility index (Phi) is 6.39. The number of nitrogens with one attached hydrogen (secondary N) is 2. The van der Waals surface area contributed by atoms with Crippen molar-refractivity contribution in [2.45, 2.75) is 18.4 Å². The number of carbonyl (C=O) groups is 2. The van der Waals surface area contributed by atoms with E-state index in [9.17, 15) is 18.0 Å². The summed E-state index contributed by atoms with van der Waals surface area (Å²) in [6, 6.07) is 11.0. The van der Waals surface area contributed by atoms with Gasteiger partial charge in [0.25, 0.3) is 11.8 Å². The standard InChI is InChI=1S/C18H19ClN2O4S/c1-3-20-17(22)13-6-4-5-12(9-13)11-21-18(23)14-7-8-15(19)16(10-14)26(2,24)25/h4-10H,3,11H2,1-2H3,(H,20,22)(H,21,23). The minimum atomic E-state index is -3.53. The molecule has 0 heterocycles. The van der Waals surface area contributed by atoms with Gasteiger partial charge in [-0.3, -0.25) is 9.59 Å². The van der Waals surface area contributed by atoms with E-state index in [0.29, 0.717) is 12.1 Å². The summed E-state index contributed by atoms with van der Waals surface area (Å²) in [6.07, 6.45) is 1.03. The van der Waals surface area contributed by atoms with Crippen molar-refractivity contribution in [3.8, 4) is 0 Å². The Hall–Kier alpha value is -2.38. The van der Waals surface area contributed by atoms with Crippen LogP contribution >= 0.6 is 11.6 Å². The van der Waals surface area contributed by atoms with Gasteiger partial charge in [-0.25, -0.2) is 8.42 Å². The molecule has 2 aromatic rings. The topological polar surface area (TPSA) is 92.3 Å². The van der Waals surface area contributed by atoms with Crippen molar-refractivity contribution in [1.82, 2.24) is 10.6 Å². The van der Waals surface area contributed by atoms with E-state index in [4.69, 9.17) is 11.6 Å². The van der Waals surface area contributed by atoms with Gasteiger partial charge in [0.05, 0.1) is 9.92 Å². The monoisotopic (exact) mass is 394 g/mol. The van der Waals surface area contributed by atoms with E-state index in [1.807, 2.05) is 6.92 Å². The summed E-state index contributed by atoms with van der Waals surface area (Å²) >= 11 is 5.88. The van der Waals surface area contributed by atoms with Crippen LogP contribution in [0.2, 0.25) is 5.02 Å². The second-order valence-corrected chi connectivity index (χ2v) is 8.05. The average molecular weight is 395 g/mol. The van der Waals surface area contributed by atoms with Crippen LogP contribution in [-0.2, 0) is 16.4 Å². The van der Waals surface area contributed by atoms with Crippen LogP contribution in [0.25, 0.3) is 0 Å². The van der Waals surface area contributed by atoms with Crippen molar-refractivity contribution >= 4 is 33.3 Å². The molecule has 0 unspecified atom stereocenters. The summed E-state index contributed by atoms with van der Waals surface area (Å²) in [5, 5.41) is 5.48. The lowest BCUT2D eigenvalue weighted by Gasteiger charge is -2.09. The van der Waals surface area contributed by atoms with Crippen LogP contribution in [0, 0.1) is 0 Å². The van der Waals surface area contributed by atoms with E-state index in [1.54, 1.807) is 24.3 Å². The van der Waals surface area contributed by atoms with Crippen LogP contribution in [0.4, 0.5) is 0 Å². The Morgan fingerprint density at radius 3 is 2.31 bits per heavy atom. The van der Waals surface area contributed by atoms with Crippen molar-refractivity contribution in [2.75, 3.05) is 12.8 Å². The van der Waals surface area contributed by atoms with Gasteiger partial charge in [0.15, 0.2) is 9.84 Å². The molecular weight excluding hydrogens is 376 g/mol. The summed E-state index contributed by atoms with van der Waals surface area (Å²) in [6.45, 7) is 2.56. The zero-order valence-electron chi connectivity index (χ0n) is 14.4. The Morgan fingerprint density at radius 1 is 1.00 bits per heavy atom. The van der Waals surface area contributed by atoms with Crippen molar-refractivity contribution in [3.63, 3.8) is 0 Å². The number of benzene rings is 2. The van der Waals surface area contributed by atoms with Crippen LogP contribution in [0.1, 0.15) is 33.2 Å². The smallest absolute Gasteiger partial charge is 0.251 e. The quantitative estimate of drug-likeness (QED) is 0.786. The molecule has 0 aliphatic heterocycles. The highest BCUT2D eigenvalue weighted by atomic mass is 35.5. The highest BCUT2D eigenvalue weighted by Gasteiger charge is 2.16. The predicted molar refractivity (Wildman–Crippen MR) is 100 cm³/mol. The first-order valence-electron chi connectivity index (χ1n) is 7.87. The molecule has 0 fully saturated rings. The molecular formula is C18H19ClN2O4S. The van der Waals surface area contributed by atoms with Gasteiger partial charge in [-0.1, -0.05) is 23.7 Å². The number of hydrogen-bond acceptors (Lipinski definition) is 4. The molecule has 6 nitrogen and oxygen atoms in total. The predicted octanol–water partition coefficient (Wildman–Crippen LogP) is 2.42. The van der Waals surface area contributed by atoms with Crippen molar-refractivity contribution in [3.05, 3.63) is 64.2 Å². The second kappa shape index (κ2) is 8.33. The van der Waals surface area contributed by atoms with Gasteiger partial charge < -0.3 is 10.6 Å². The van der Waals surface area contributed by atoms with E-state index in [1.165, 1.54) is 18.2 Å². The molecule has 0 radical (unpaired) electrons. The second-order valence-electron chi connectivity index (χ2n) is 5.66. The Balaban J connectivity index is 2.12. The molecule has 0 bridgehead atoms. The maximum atomic E-state index is 12.3. The van der Waals surface area contributed by atoms with Gasteiger partial charge >= 0.3 is 0 Å². The first-order chi connectivity index (χ1) is 12.2. The van der Waals surface area contributed by atoms with E-state index < -0.39 is 15.7 Å². The SMILES string of the molecule is CCNC(=O)c1cccc(CNC(=O)c2ccc(Cl)c(S(C)(=O)=O)c2)c1. The highest BCUT2D eigenvalue weighted by molar-refractivity contribution is 7.90. The maximum absolute atomic E-state index is 12.3. The first kappa shape index (κ1) is 19.9. The fourth-order valence-electron chi connectivity index (χ4n) is 2.30. The molecule has 2 amide bonds. The van der Waals surface area contributed by atoms with E-state index in [0.717, 1.165) is 11.8 Å². The molecule has 2 N–H and O–H groups in total. The number of hydrogen-bond donors (Lipinski definition) is 2. The third-order valence-corrected chi connectivity index (χ3v) is 5.15. The summed E-state index contributed by atoms with van der Waals surface area (Å²) < 4.78 is 23.4. The molecule has 0 aromatic heterocycles. The summed E-state index contributed by atoms with van der Waals surface area (Å²) in [5.74, 6) is -0.619. The Bertz CT molecular complexity index is 942. The van der Waals surface area contributed by atoms with Crippen molar-refractivity contribution in [1.29, 1.82) is 0 Å². The highest BCUT2D eigenvalue weighted by Crippen LogP contribution is 2.22. The van der Waals surface area contributed by atoms with E-state index >= 15 is 0 Å². The van der Waals surface area contributed by atoms with Gasteiger partial charge in [0.2, 0.25) is 0 Å². The summed E-state index contributed by atoms with van der Waals surface area (Å²) in [5.41, 5.74) is 1.44. The number of amides is 2. The molecule has 0 spiro atoms. The van der Waals surface area contributed by atoms with E-state index in [-0.39, 0.29) is 27.9 Å². The zero-order chi connectivity index (χ0) is 19.3. The normalized spacial score (nSPS) is 11.0. The minimum Gasteiger partial charge on any atom is -0.352 e. The summed E-state index contributed by atoms with van der Waals surface area (Å²) in [7, 11) is -3.53. The number of sulfone groups is 1. The Labute approximate surface area is 157 Å². The zero-order valence-corrected chi connectivity index (χ0v) is 15.9. The lowest BCUT2D eigenvalue weighted by atomic mass is 10.1. The van der Waals surface area contributed by atoms with Gasteiger partial charge in [0.1, 0.15) is 0 Å². The molecule has 0 aliphatic carbocycles. The van der Waals surface area contributed by atoms with Crippen LogP contribution < -0.4 is 10.6 Å². The minimum absolute atomic E-state index is 0.0682. The van der Waals surface area contributed by atoms with Crippen LogP contribution in [0.3, 0.4) is 0 Å². The Morgan fingerprint density at radius 2 is 1.65 bits per heavy atom. The first-order valence-corrected chi connectivity index (χ1v) is 10.1. The molecule has 0 saturated carbocycles. The average Bonchev–Trinajstić information content (AvgIpc) is 2.59. The number of carbonyl (C=O) groups excluding carboxylic acids is 2. The molecule has 2 rings (SSSR count). The van der Waals surface area contributed by atoms with Gasteiger partial charge in [-0.15, -0.1) is 0 Å². The maximum Gasteiger partial charge on any atom is 0.251 e. The van der Waals surface area contributed by atoms with Crippen molar-refractivity contribution < 1.29 is 18.0 Å². The fraction of sp³-hybridized carbons (Fsp3) is 0.222. The van der Waals surface area contributed by atoms with Gasteiger partial charge in [-0.05, 0) is 42.8 Å². The fourth-order valence-corrected chi connectivity index (χ4v) is 3.60. The lowest BCUT2D eigenvalue weighted by Crippen LogP contribution is -2.24. The molecule has 2 aromatic carbocycles. The molecule has 0 atom stereocenters. The molecule has 0 aliphatic rings. The van der Waals surface area contributed by atoms with Crippen molar-refractivity contribution in [2.24, 2.45) is 0 Å². The third kappa shape index (κ3) is 5.06. The molecule has 26 heavy (non-hydrogen) atoms. The molecule has 0 saturated heterocycles. The number of halogens is 1. The molecule has 138 valence electrons. The lowest BCUT2D eigenvalue weighted by molar-refractivity contribution is 0.0947.